The third kappa shape index (κ3) is 2.07. The summed E-state index contributed by atoms with van der Waals surface area (Å²) in [7, 11) is 1.29. The largest absolute Gasteiger partial charge is 0.489 e. The molecule has 0 aromatic carbocycles. The van der Waals surface area contributed by atoms with E-state index in [4.69, 9.17) is 4.74 Å². The molecule has 60 valence electrons. The topological polar surface area (TPSA) is 52.6 Å². The molecule has 1 aliphatic rings. The van der Waals surface area contributed by atoms with Crippen LogP contribution in [0, 0.1) is 0 Å². The molecule has 0 saturated heterocycles. The molecule has 0 atom stereocenters. The number of hydrogen-bond acceptors (Lipinski definition) is 4. The van der Waals surface area contributed by atoms with Crippen LogP contribution in [0.3, 0.4) is 0 Å². The van der Waals surface area contributed by atoms with Crippen LogP contribution < -0.4 is 0 Å². The fourth-order valence-corrected chi connectivity index (χ4v) is 0.743. The van der Waals surface area contributed by atoms with Gasteiger partial charge in [0.15, 0.2) is 12.4 Å². The Morgan fingerprint density at radius 3 is 3.00 bits per heavy atom. The molecule has 1 heterocycles. The van der Waals surface area contributed by atoms with Crippen LogP contribution in [0.1, 0.15) is 6.42 Å². The Kier molecular flexibility index (Phi) is 2.25. The summed E-state index contributed by atoms with van der Waals surface area (Å²) in [6, 6.07) is 0. The summed E-state index contributed by atoms with van der Waals surface area (Å²) < 4.78 is 9.22. The van der Waals surface area contributed by atoms with Crippen molar-refractivity contribution in [1.82, 2.24) is 0 Å². The Balaban J connectivity index is 2.44. The highest BCUT2D eigenvalue weighted by molar-refractivity contribution is 5.93. The SMILES string of the molecule is COC(=O)CC1=CC(=O)CO1. The minimum absolute atomic E-state index is 0.0439. The van der Waals surface area contributed by atoms with E-state index in [1.54, 1.807) is 0 Å². The molecule has 11 heavy (non-hydrogen) atoms. The number of hydrogen-bond donors (Lipinski definition) is 0. The van der Waals surface area contributed by atoms with Crippen molar-refractivity contribution in [2.75, 3.05) is 13.7 Å². The Hall–Kier alpha value is -1.32. The van der Waals surface area contributed by atoms with Crippen LogP contribution >= 0.6 is 0 Å². The summed E-state index contributed by atoms with van der Waals surface area (Å²) in [5, 5.41) is 0. The molecule has 0 N–H and O–H groups in total. The second-order valence-corrected chi connectivity index (χ2v) is 2.12. The van der Waals surface area contributed by atoms with Crippen molar-refractivity contribution in [2.24, 2.45) is 0 Å². The minimum Gasteiger partial charge on any atom is -0.489 e. The first-order valence-corrected chi connectivity index (χ1v) is 3.15. The molecule has 0 aromatic heterocycles. The first kappa shape index (κ1) is 7.78. The lowest BCUT2D eigenvalue weighted by atomic mass is 10.3. The van der Waals surface area contributed by atoms with Crippen LogP contribution in [0.2, 0.25) is 0 Å². The quantitative estimate of drug-likeness (QED) is 0.529. The van der Waals surface area contributed by atoms with E-state index < -0.39 is 5.97 Å². The molecule has 0 aliphatic carbocycles. The maximum Gasteiger partial charge on any atom is 0.313 e. The number of ether oxygens (including phenoxy) is 2. The summed E-state index contributed by atoms with van der Waals surface area (Å²) >= 11 is 0. The average molecular weight is 156 g/mol. The van der Waals surface area contributed by atoms with Crippen LogP contribution in [-0.2, 0) is 19.1 Å². The van der Waals surface area contributed by atoms with E-state index in [-0.39, 0.29) is 18.8 Å². The lowest BCUT2D eigenvalue weighted by molar-refractivity contribution is -0.140. The molecule has 0 spiro atoms. The van der Waals surface area contributed by atoms with Gasteiger partial charge in [-0.1, -0.05) is 0 Å². The normalized spacial score (nSPS) is 15.7. The monoisotopic (exact) mass is 156 g/mol. The second-order valence-electron chi connectivity index (χ2n) is 2.12. The van der Waals surface area contributed by atoms with Crippen molar-refractivity contribution < 1.29 is 19.1 Å². The van der Waals surface area contributed by atoms with Gasteiger partial charge < -0.3 is 9.47 Å². The van der Waals surface area contributed by atoms with Crippen molar-refractivity contribution in [1.29, 1.82) is 0 Å². The van der Waals surface area contributed by atoms with Crippen LogP contribution in [0.15, 0.2) is 11.8 Å². The van der Waals surface area contributed by atoms with Crippen molar-refractivity contribution in [3.05, 3.63) is 11.8 Å². The maximum atomic E-state index is 10.6. The number of carbonyl (C=O) groups excluding carboxylic acids is 2. The van der Waals surface area contributed by atoms with Gasteiger partial charge in [-0.05, 0) is 0 Å². The smallest absolute Gasteiger partial charge is 0.313 e. The molecule has 0 unspecified atom stereocenters. The zero-order valence-electron chi connectivity index (χ0n) is 6.12. The zero-order chi connectivity index (χ0) is 8.27. The van der Waals surface area contributed by atoms with Crippen molar-refractivity contribution in [2.45, 2.75) is 6.42 Å². The molecule has 0 saturated carbocycles. The molecule has 4 nitrogen and oxygen atoms in total. The van der Waals surface area contributed by atoms with Gasteiger partial charge >= 0.3 is 5.97 Å². The van der Waals surface area contributed by atoms with Gasteiger partial charge in [0, 0.05) is 6.08 Å². The van der Waals surface area contributed by atoms with Gasteiger partial charge in [-0.2, -0.15) is 0 Å². The first-order valence-electron chi connectivity index (χ1n) is 3.15. The zero-order valence-corrected chi connectivity index (χ0v) is 6.12. The molecule has 0 amide bonds. The van der Waals surface area contributed by atoms with E-state index in [9.17, 15) is 9.59 Å². The third-order valence-corrected chi connectivity index (χ3v) is 1.27. The summed E-state index contributed by atoms with van der Waals surface area (Å²) in [6.07, 6.45) is 1.36. The highest BCUT2D eigenvalue weighted by Crippen LogP contribution is 2.10. The van der Waals surface area contributed by atoms with E-state index in [1.165, 1.54) is 13.2 Å². The molecule has 1 aliphatic heterocycles. The second kappa shape index (κ2) is 3.18. The summed E-state index contributed by atoms with van der Waals surface area (Å²) in [5.41, 5.74) is 0. The lowest BCUT2D eigenvalue weighted by Gasteiger charge is -1.99. The molecular formula is C7H8O4. The third-order valence-electron chi connectivity index (χ3n) is 1.27. The van der Waals surface area contributed by atoms with Gasteiger partial charge in [0.2, 0.25) is 0 Å². The van der Waals surface area contributed by atoms with Gasteiger partial charge in [0.25, 0.3) is 0 Å². The summed E-state index contributed by atoms with van der Waals surface area (Å²) in [4.78, 5) is 21.2. The molecule has 0 radical (unpaired) electrons. The predicted molar refractivity (Wildman–Crippen MR) is 35.7 cm³/mol. The fraction of sp³-hybridized carbons (Fsp3) is 0.429. The number of ketones is 1. The molecule has 1 rings (SSSR count). The van der Waals surface area contributed by atoms with E-state index in [1.807, 2.05) is 0 Å². The molecule has 0 aromatic rings. The summed E-state index contributed by atoms with van der Waals surface area (Å²) in [6.45, 7) is 0.0479. The average Bonchev–Trinajstić information content (AvgIpc) is 2.35. The molecular weight excluding hydrogens is 148 g/mol. The number of methoxy groups -OCH3 is 1. The van der Waals surface area contributed by atoms with Gasteiger partial charge in [0.1, 0.15) is 12.2 Å². The number of carbonyl (C=O) groups is 2. The molecule has 0 fully saturated rings. The molecule has 4 heteroatoms. The highest BCUT2D eigenvalue weighted by Gasteiger charge is 2.15. The Morgan fingerprint density at radius 1 is 1.82 bits per heavy atom. The van der Waals surface area contributed by atoms with Crippen molar-refractivity contribution >= 4 is 11.8 Å². The standard InChI is InChI=1S/C7H8O4/c1-10-7(9)3-6-2-5(8)4-11-6/h2H,3-4H2,1H3. The van der Waals surface area contributed by atoms with Crippen LogP contribution in [0.25, 0.3) is 0 Å². The molecule has 0 bridgehead atoms. The van der Waals surface area contributed by atoms with Crippen LogP contribution in [0.5, 0.6) is 0 Å². The first-order chi connectivity index (χ1) is 5.22. The van der Waals surface area contributed by atoms with Gasteiger partial charge in [0.05, 0.1) is 7.11 Å². The van der Waals surface area contributed by atoms with Gasteiger partial charge in [-0.25, -0.2) is 0 Å². The van der Waals surface area contributed by atoms with E-state index in [2.05, 4.69) is 4.74 Å². The Bertz CT molecular complexity index is 216. The lowest BCUT2D eigenvalue weighted by Crippen LogP contribution is -2.01. The van der Waals surface area contributed by atoms with Crippen molar-refractivity contribution in [3.8, 4) is 0 Å². The highest BCUT2D eigenvalue weighted by atomic mass is 16.5. The van der Waals surface area contributed by atoms with E-state index in [0.717, 1.165) is 0 Å². The fourth-order valence-electron chi connectivity index (χ4n) is 0.743. The van der Waals surface area contributed by atoms with Gasteiger partial charge in [-0.15, -0.1) is 0 Å². The minimum atomic E-state index is -0.397. The van der Waals surface area contributed by atoms with Crippen LogP contribution in [-0.4, -0.2) is 25.5 Å². The number of esters is 1. The summed E-state index contributed by atoms with van der Waals surface area (Å²) in [5.74, 6) is -0.114. The Morgan fingerprint density at radius 2 is 2.55 bits per heavy atom. The van der Waals surface area contributed by atoms with E-state index >= 15 is 0 Å². The Labute approximate surface area is 63.8 Å². The van der Waals surface area contributed by atoms with Crippen molar-refractivity contribution in [3.63, 3.8) is 0 Å². The predicted octanol–water partition coefficient (Wildman–Crippen LogP) is 0.0327. The number of rotatable bonds is 2. The maximum absolute atomic E-state index is 10.6. The van der Waals surface area contributed by atoms with Gasteiger partial charge in [-0.3, -0.25) is 9.59 Å². The van der Waals surface area contributed by atoms with E-state index in [0.29, 0.717) is 5.76 Å². The van der Waals surface area contributed by atoms with Crippen LogP contribution in [0.4, 0.5) is 0 Å².